The lowest BCUT2D eigenvalue weighted by atomic mass is 10.0. The number of benzene rings is 2. The van der Waals surface area contributed by atoms with Crippen LogP contribution in [0.5, 0.6) is 5.75 Å². The Bertz CT molecular complexity index is 835. The summed E-state index contributed by atoms with van der Waals surface area (Å²) in [5, 5.41) is 0. The Morgan fingerprint density at radius 2 is 1.48 bits per heavy atom. The standard InChI is InChI=1S/C26H35BrOSi/c1-8-28-26-13-9-22(10-14-26)17-24-18-25(27)12-11-23(24)15-16-29(19(2)3,20(4)5)21(6)7/h9-14,18-21H,8,17H2,1-7H3. The molecule has 156 valence electrons. The van der Waals surface area contributed by atoms with Gasteiger partial charge in [-0.05, 0) is 71.4 Å². The van der Waals surface area contributed by atoms with E-state index >= 15 is 0 Å². The number of rotatable bonds is 7. The van der Waals surface area contributed by atoms with Crippen molar-refractivity contribution in [2.24, 2.45) is 0 Å². The van der Waals surface area contributed by atoms with E-state index in [0.717, 1.165) is 22.2 Å². The summed E-state index contributed by atoms with van der Waals surface area (Å²) in [7, 11) is -1.74. The minimum Gasteiger partial charge on any atom is -0.494 e. The minimum atomic E-state index is -1.74. The molecule has 2 aromatic rings. The van der Waals surface area contributed by atoms with Crippen molar-refractivity contribution in [1.29, 1.82) is 0 Å². The molecule has 0 bridgehead atoms. The first-order chi connectivity index (χ1) is 13.7. The van der Waals surface area contributed by atoms with Gasteiger partial charge in [-0.2, -0.15) is 0 Å². The van der Waals surface area contributed by atoms with Crippen LogP contribution >= 0.6 is 15.9 Å². The molecule has 0 spiro atoms. The van der Waals surface area contributed by atoms with Gasteiger partial charge in [-0.15, -0.1) is 5.54 Å². The zero-order chi connectivity index (χ0) is 21.6. The van der Waals surface area contributed by atoms with Gasteiger partial charge in [0.1, 0.15) is 13.8 Å². The van der Waals surface area contributed by atoms with Crippen LogP contribution in [0.1, 0.15) is 65.2 Å². The van der Waals surface area contributed by atoms with Crippen molar-refractivity contribution < 1.29 is 4.74 Å². The fourth-order valence-corrected chi connectivity index (χ4v) is 10.2. The molecular formula is C26H35BrOSi. The van der Waals surface area contributed by atoms with Crippen molar-refractivity contribution in [3.63, 3.8) is 0 Å². The first-order valence-corrected chi connectivity index (χ1v) is 13.8. The lowest BCUT2D eigenvalue weighted by molar-refractivity contribution is 0.340. The summed E-state index contributed by atoms with van der Waals surface area (Å²) in [6.07, 6.45) is 0.870. The predicted molar refractivity (Wildman–Crippen MR) is 132 cm³/mol. The molecule has 29 heavy (non-hydrogen) atoms. The highest BCUT2D eigenvalue weighted by Gasteiger charge is 2.41. The molecule has 0 heterocycles. The van der Waals surface area contributed by atoms with E-state index in [2.05, 4.69) is 111 Å². The maximum absolute atomic E-state index is 5.57. The van der Waals surface area contributed by atoms with E-state index in [1.807, 2.05) is 6.92 Å². The molecule has 0 fully saturated rings. The summed E-state index contributed by atoms with van der Waals surface area (Å²) in [5.41, 5.74) is 9.49. The Balaban J connectivity index is 2.42. The molecule has 0 aliphatic rings. The monoisotopic (exact) mass is 470 g/mol. The van der Waals surface area contributed by atoms with Crippen molar-refractivity contribution in [3.05, 3.63) is 63.6 Å². The van der Waals surface area contributed by atoms with Crippen molar-refractivity contribution in [1.82, 2.24) is 0 Å². The summed E-state index contributed by atoms with van der Waals surface area (Å²) in [5.74, 6) is 4.57. The van der Waals surface area contributed by atoms with E-state index in [1.165, 1.54) is 11.1 Å². The lowest BCUT2D eigenvalue weighted by Gasteiger charge is -2.38. The second-order valence-corrected chi connectivity index (χ2v) is 15.2. The summed E-state index contributed by atoms with van der Waals surface area (Å²) in [6, 6.07) is 14.9. The maximum Gasteiger partial charge on any atom is 0.146 e. The summed E-state index contributed by atoms with van der Waals surface area (Å²) >= 11 is 3.64. The normalized spacial score (nSPS) is 11.7. The van der Waals surface area contributed by atoms with Crippen molar-refractivity contribution in [3.8, 4) is 17.2 Å². The van der Waals surface area contributed by atoms with Crippen LogP contribution in [0.2, 0.25) is 16.6 Å². The van der Waals surface area contributed by atoms with E-state index < -0.39 is 8.07 Å². The molecule has 2 aromatic carbocycles. The van der Waals surface area contributed by atoms with E-state index in [0.29, 0.717) is 23.2 Å². The van der Waals surface area contributed by atoms with Gasteiger partial charge in [0.15, 0.2) is 0 Å². The largest absolute Gasteiger partial charge is 0.494 e. The summed E-state index contributed by atoms with van der Waals surface area (Å²) in [6.45, 7) is 16.9. The maximum atomic E-state index is 5.57. The third-order valence-electron chi connectivity index (χ3n) is 5.98. The second-order valence-electron chi connectivity index (χ2n) is 8.70. The third kappa shape index (κ3) is 5.77. The van der Waals surface area contributed by atoms with Crippen LogP contribution in [0.4, 0.5) is 0 Å². The van der Waals surface area contributed by atoms with Crippen LogP contribution in [0.15, 0.2) is 46.9 Å². The average molecular weight is 472 g/mol. The van der Waals surface area contributed by atoms with Gasteiger partial charge in [-0.1, -0.05) is 75.5 Å². The Kier molecular flexibility index (Phi) is 8.61. The molecule has 0 N–H and O–H groups in total. The molecule has 0 aromatic heterocycles. The molecule has 1 nitrogen and oxygen atoms in total. The fraction of sp³-hybridized carbons (Fsp3) is 0.462. The molecule has 0 aliphatic carbocycles. The zero-order valence-corrected chi connectivity index (χ0v) is 21.6. The van der Waals surface area contributed by atoms with Gasteiger partial charge in [-0.3, -0.25) is 0 Å². The zero-order valence-electron chi connectivity index (χ0n) is 19.0. The van der Waals surface area contributed by atoms with Crippen LogP contribution in [0.3, 0.4) is 0 Å². The van der Waals surface area contributed by atoms with Crippen molar-refractivity contribution in [2.75, 3.05) is 6.61 Å². The van der Waals surface area contributed by atoms with Gasteiger partial charge >= 0.3 is 0 Å². The van der Waals surface area contributed by atoms with Crippen LogP contribution in [0.25, 0.3) is 0 Å². The molecule has 3 heteroatoms. The summed E-state index contributed by atoms with van der Waals surface area (Å²) < 4.78 is 6.67. The molecule has 2 rings (SSSR count). The minimum absolute atomic E-state index is 0.639. The first kappa shape index (κ1) is 23.8. The van der Waals surface area contributed by atoms with E-state index in [4.69, 9.17) is 4.74 Å². The Labute approximate surface area is 187 Å². The smallest absolute Gasteiger partial charge is 0.146 e. The van der Waals surface area contributed by atoms with Crippen molar-refractivity contribution >= 4 is 24.0 Å². The van der Waals surface area contributed by atoms with Gasteiger partial charge in [0.2, 0.25) is 0 Å². The van der Waals surface area contributed by atoms with Crippen LogP contribution < -0.4 is 4.74 Å². The SMILES string of the molecule is CCOc1ccc(Cc2cc(Br)ccc2C#C[Si](C(C)C)(C(C)C)C(C)C)cc1. The van der Waals surface area contributed by atoms with Crippen LogP contribution in [0, 0.1) is 11.5 Å². The molecule has 0 radical (unpaired) electrons. The van der Waals surface area contributed by atoms with Gasteiger partial charge in [0.25, 0.3) is 0 Å². The predicted octanol–water partition coefficient (Wildman–Crippen LogP) is 8.01. The molecule has 0 saturated heterocycles. The van der Waals surface area contributed by atoms with Gasteiger partial charge in [0, 0.05) is 10.0 Å². The molecule has 0 aliphatic heterocycles. The lowest BCUT2D eigenvalue weighted by Crippen LogP contribution is -2.43. The molecule has 0 saturated carbocycles. The molecule has 0 unspecified atom stereocenters. The van der Waals surface area contributed by atoms with Gasteiger partial charge in [0.05, 0.1) is 6.61 Å². The van der Waals surface area contributed by atoms with Crippen molar-refractivity contribution in [2.45, 2.75) is 71.5 Å². The summed E-state index contributed by atoms with van der Waals surface area (Å²) in [4.78, 5) is 0. The Hall–Kier alpha value is -1.50. The first-order valence-electron chi connectivity index (χ1n) is 10.7. The van der Waals surface area contributed by atoms with Gasteiger partial charge in [-0.25, -0.2) is 0 Å². The topological polar surface area (TPSA) is 9.23 Å². The number of ether oxygens (including phenoxy) is 1. The quantitative estimate of drug-likeness (QED) is 0.294. The highest BCUT2D eigenvalue weighted by Crippen LogP contribution is 2.40. The molecule has 0 atom stereocenters. The fourth-order valence-electron chi connectivity index (χ4n) is 4.53. The highest BCUT2D eigenvalue weighted by atomic mass is 79.9. The third-order valence-corrected chi connectivity index (χ3v) is 12.8. The molecular weight excluding hydrogens is 436 g/mol. The van der Waals surface area contributed by atoms with E-state index in [1.54, 1.807) is 0 Å². The van der Waals surface area contributed by atoms with Crippen LogP contribution in [-0.2, 0) is 6.42 Å². The van der Waals surface area contributed by atoms with Crippen LogP contribution in [-0.4, -0.2) is 14.7 Å². The molecule has 0 amide bonds. The number of hydrogen-bond acceptors (Lipinski definition) is 1. The Morgan fingerprint density at radius 1 is 0.897 bits per heavy atom. The van der Waals surface area contributed by atoms with E-state index in [9.17, 15) is 0 Å². The van der Waals surface area contributed by atoms with E-state index in [-0.39, 0.29) is 0 Å². The Morgan fingerprint density at radius 3 is 2.00 bits per heavy atom. The number of hydrogen-bond donors (Lipinski definition) is 0. The highest BCUT2D eigenvalue weighted by molar-refractivity contribution is 9.10. The average Bonchev–Trinajstić information content (AvgIpc) is 2.64. The second kappa shape index (κ2) is 10.5. The number of halogens is 1. The van der Waals surface area contributed by atoms with Gasteiger partial charge < -0.3 is 4.74 Å².